The fraction of sp³-hybridized carbons (Fsp3) is 0.462. The number of nitrogens with zero attached hydrogens (tertiary/aromatic N) is 1. The first-order chi connectivity index (χ1) is 8.78. The first kappa shape index (κ1) is 12.6. The topological polar surface area (TPSA) is 86.2 Å². The Kier molecular flexibility index (Phi) is 2.53. The van der Waals surface area contributed by atoms with Gasteiger partial charge in [-0.3, -0.25) is 0 Å². The Hall–Kier alpha value is -1.40. The van der Waals surface area contributed by atoms with Gasteiger partial charge in [-0.15, -0.1) is 0 Å². The lowest BCUT2D eigenvalue weighted by molar-refractivity contribution is 0.327. The number of sulfone groups is 1. The molecule has 2 aromatic rings. The molecule has 102 valence electrons. The smallest absolute Gasteiger partial charge is 0.215 e. The van der Waals surface area contributed by atoms with Gasteiger partial charge >= 0.3 is 0 Å². The van der Waals surface area contributed by atoms with Gasteiger partial charge in [-0.2, -0.15) is 0 Å². The molecule has 1 atom stereocenters. The van der Waals surface area contributed by atoms with E-state index in [4.69, 9.17) is 10.2 Å². The number of aromatic nitrogens is 1. The van der Waals surface area contributed by atoms with Crippen LogP contribution in [0.2, 0.25) is 0 Å². The third kappa shape index (κ3) is 2.15. The zero-order valence-corrected chi connectivity index (χ0v) is 11.7. The number of oxazole rings is 1. The predicted molar refractivity (Wildman–Crippen MR) is 71.4 cm³/mol. The highest BCUT2D eigenvalue weighted by Crippen LogP contribution is 2.44. The van der Waals surface area contributed by atoms with Crippen molar-refractivity contribution in [1.29, 1.82) is 0 Å². The molecule has 0 saturated heterocycles. The van der Waals surface area contributed by atoms with Crippen LogP contribution < -0.4 is 5.73 Å². The zero-order valence-electron chi connectivity index (χ0n) is 10.9. The summed E-state index contributed by atoms with van der Waals surface area (Å²) in [4.78, 5) is 4.60. The van der Waals surface area contributed by atoms with Crippen molar-refractivity contribution in [2.24, 2.45) is 11.7 Å². The molecule has 1 saturated carbocycles. The highest BCUT2D eigenvalue weighted by Gasteiger charge is 2.43. The van der Waals surface area contributed by atoms with Gasteiger partial charge in [-0.05, 0) is 43.9 Å². The first-order valence-electron chi connectivity index (χ1n) is 6.18. The molecule has 1 aromatic heterocycles. The molecule has 0 radical (unpaired) electrons. The van der Waals surface area contributed by atoms with Crippen LogP contribution >= 0.6 is 0 Å². The SMILES string of the molecule is CC(N)(c1nc2cc(S(C)(=O)=O)ccc2o1)C1CC1. The second kappa shape index (κ2) is 3.80. The summed E-state index contributed by atoms with van der Waals surface area (Å²) in [6, 6.07) is 4.68. The maximum atomic E-state index is 11.5. The minimum atomic E-state index is -3.24. The number of hydrogen-bond donors (Lipinski definition) is 1. The molecule has 19 heavy (non-hydrogen) atoms. The Morgan fingerprint density at radius 2 is 2.11 bits per heavy atom. The Labute approximate surface area is 111 Å². The van der Waals surface area contributed by atoms with Crippen LogP contribution in [0.3, 0.4) is 0 Å². The minimum absolute atomic E-state index is 0.241. The highest BCUT2D eigenvalue weighted by atomic mass is 32.2. The van der Waals surface area contributed by atoms with E-state index in [0.717, 1.165) is 12.8 Å². The molecule has 1 aliphatic rings. The zero-order chi connectivity index (χ0) is 13.8. The van der Waals surface area contributed by atoms with Crippen molar-refractivity contribution in [3.63, 3.8) is 0 Å². The number of nitrogens with two attached hydrogens (primary N) is 1. The molecular weight excluding hydrogens is 264 g/mol. The molecule has 5 nitrogen and oxygen atoms in total. The van der Waals surface area contributed by atoms with E-state index in [2.05, 4.69) is 4.98 Å². The van der Waals surface area contributed by atoms with Crippen LogP contribution in [0.1, 0.15) is 25.7 Å². The lowest BCUT2D eigenvalue weighted by atomic mass is 9.97. The van der Waals surface area contributed by atoms with Gasteiger partial charge in [0.2, 0.25) is 5.89 Å². The van der Waals surface area contributed by atoms with E-state index in [1.54, 1.807) is 6.07 Å². The summed E-state index contributed by atoms with van der Waals surface area (Å²) in [5.41, 5.74) is 6.78. The standard InChI is InChI=1S/C13H16N2O3S/c1-13(14,8-3-4-8)12-15-10-7-9(19(2,16)17)5-6-11(10)18-12/h5-8H,3-4,14H2,1-2H3. The van der Waals surface area contributed by atoms with Crippen LogP contribution in [-0.2, 0) is 15.4 Å². The summed E-state index contributed by atoms with van der Waals surface area (Å²) in [6.07, 6.45) is 3.34. The maximum Gasteiger partial charge on any atom is 0.215 e. The molecule has 0 amide bonds. The monoisotopic (exact) mass is 280 g/mol. The molecule has 0 spiro atoms. The summed E-state index contributed by atoms with van der Waals surface area (Å²) < 4.78 is 28.7. The van der Waals surface area contributed by atoms with Gasteiger partial charge in [0, 0.05) is 6.26 Å². The van der Waals surface area contributed by atoms with Gasteiger partial charge in [0.05, 0.1) is 10.4 Å². The average Bonchev–Trinajstić information content (AvgIpc) is 3.07. The van der Waals surface area contributed by atoms with E-state index in [0.29, 0.717) is 22.9 Å². The second-order valence-electron chi connectivity index (χ2n) is 5.48. The largest absolute Gasteiger partial charge is 0.439 e. The van der Waals surface area contributed by atoms with Crippen molar-refractivity contribution in [1.82, 2.24) is 4.98 Å². The Morgan fingerprint density at radius 3 is 2.68 bits per heavy atom. The fourth-order valence-corrected chi connectivity index (χ4v) is 2.87. The van der Waals surface area contributed by atoms with Crippen molar-refractivity contribution >= 4 is 20.9 Å². The van der Waals surface area contributed by atoms with Crippen LogP contribution in [0.15, 0.2) is 27.5 Å². The van der Waals surface area contributed by atoms with Gasteiger partial charge in [0.1, 0.15) is 5.52 Å². The molecule has 1 aliphatic carbocycles. The third-order valence-electron chi connectivity index (χ3n) is 3.67. The van der Waals surface area contributed by atoms with Crippen LogP contribution in [-0.4, -0.2) is 19.7 Å². The number of hydrogen-bond acceptors (Lipinski definition) is 5. The van der Waals surface area contributed by atoms with Gasteiger partial charge < -0.3 is 10.2 Å². The Balaban J connectivity index is 2.11. The molecule has 1 heterocycles. The van der Waals surface area contributed by atoms with E-state index in [9.17, 15) is 8.42 Å². The van der Waals surface area contributed by atoms with Gasteiger partial charge in [0.15, 0.2) is 15.4 Å². The molecule has 2 N–H and O–H groups in total. The van der Waals surface area contributed by atoms with Crippen LogP contribution in [0.5, 0.6) is 0 Å². The molecular formula is C13H16N2O3S. The molecule has 0 aliphatic heterocycles. The molecule has 1 fully saturated rings. The first-order valence-corrected chi connectivity index (χ1v) is 8.07. The number of fused-ring (bicyclic) bond motifs is 1. The van der Waals surface area contributed by atoms with E-state index in [-0.39, 0.29) is 4.90 Å². The fourth-order valence-electron chi connectivity index (χ4n) is 2.23. The van der Waals surface area contributed by atoms with Gasteiger partial charge in [-0.25, -0.2) is 13.4 Å². The summed E-state index contributed by atoms with van der Waals surface area (Å²) >= 11 is 0. The van der Waals surface area contributed by atoms with E-state index < -0.39 is 15.4 Å². The van der Waals surface area contributed by atoms with Crippen LogP contribution in [0.25, 0.3) is 11.1 Å². The third-order valence-corrected chi connectivity index (χ3v) is 4.78. The molecule has 1 unspecified atom stereocenters. The lowest BCUT2D eigenvalue weighted by Gasteiger charge is -2.19. The predicted octanol–water partition coefficient (Wildman–Crippen LogP) is 1.82. The maximum absolute atomic E-state index is 11.5. The average molecular weight is 280 g/mol. The van der Waals surface area contributed by atoms with E-state index in [1.165, 1.54) is 18.4 Å². The molecule has 3 rings (SSSR count). The summed E-state index contributed by atoms with van der Waals surface area (Å²) in [7, 11) is -3.24. The molecule has 6 heteroatoms. The van der Waals surface area contributed by atoms with Crippen molar-refractivity contribution < 1.29 is 12.8 Å². The van der Waals surface area contributed by atoms with Crippen molar-refractivity contribution in [3.8, 4) is 0 Å². The summed E-state index contributed by atoms with van der Waals surface area (Å²) in [6.45, 7) is 1.91. The van der Waals surface area contributed by atoms with Crippen LogP contribution in [0, 0.1) is 5.92 Å². The quantitative estimate of drug-likeness (QED) is 0.926. The second-order valence-corrected chi connectivity index (χ2v) is 7.49. The molecule has 0 bridgehead atoms. The van der Waals surface area contributed by atoms with Crippen molar-refractivity contribution in [2.45, 2.75) is 30.2 Å². The van der Waals surface area contributed by atoms with E-state index >= 15 is 0 Å². The Morgan fingerprint density at radius 1 is 1.42 bits per heavy atom. The number of benzene rings is 1. The van der Waals surface area contributed by atoms with E-state index in [1.807, 2.05) is 6.92 Å². The van der Waals surface area contributed by atoms with Crippen molar-refractivity contribution in [3.05, 3.63) is 24.1 Å². The van der Waals surface area contributed by atoms with Crippen molar-refractivity contribution in [2.75, 3.05) is 6.26 Å². The van der Waals surface area contributed by atoms with Crippen LogP contribution in [0.4, 0.5) is 0 Å². The lowest BCUT2D eigenvalue weighted by Crippen LogP contribution is -2.35. The van der Waals surface area contributed by atoms with Gasteiger partial charge in [-0.1, -0.05) is 0 Å². The summed E-state index contributed by atoms with van der Waals surface area (Å²) in [5, 5.41) is 0. The summed E-state index contributed by atoms with van der Waals surface area (Å²) in [5.74, 6) is 0.880. The minimum Gasteiger partial charge on any atom is -0.439 e. The number of rotatable bonds is 3. The highest BCUT2D eigenvalue weighted by molar-refractivity contribution is 7.90. The normalized spacial score (nSPS) is 19.5. The molecule has 1 aromatic carbocycles. The van der Waals surface area contributed by atoms with Gasteiger partial charge in [0.25, 0.3) is 0 Å². The Bertz CT molecular complexity index is 742.